The summed E-state index contributed by atoms with van der Waals surface area (Å²) in [6.45, 7) is 0.210. The third-order valence-electron chi connectivity index (χ3n) is 8.11. The third-order valence-corrected chi connectivity index (χ3v) is 9.43. The van der Waals surface area contributed by atoms with E-state index in [0.717, 1.165) is 40.8 Å². The molecule has 10 heteroatoms. The van der Waals surface area contributed by atoms with Crippen molar-refractivity contribution in [2.75, 3.05) is 7.11 Å². The van der Waals surface area contributed by atoms with Gasteiger partial charge in [0.25, 0.3) is 11.2 Å². The van der Waals surface area contributed by atoms with Crippen molar-refractivity contribution in [1.82, 2.24) is 4.57 Å². The molecule has 0 unspecified atom stereocenters. The highest BCUT2D eigenvalue weighted by Gasteiger charge is 2.33. The Bertz CT molecular complexity index is 2190. The Morgan fingerprint density at radius 3 is 2.56 bits per heavy atom. The van der Waals surface area contributed by atoms with Gasteiger partial charge in [-0.3, -0.25) is 19.5 Å². The van der Waals surface area contributed by atoms with Gasteiger partial charge in [-0.15, -0.1) is 0 Å². The monoisotopic (exact) mass is 635 g/mol. The summed E-state index contributed by atoms with van der Waals surface area (Å²) in [7, 11) is 1.47. The molecule has 1 aliphatic carbocycles. The standard InChI is InChI=1S/C35H26ClN3O5S/c1-43-29-17-23(28(39(41)42)19-30(29)44-20-21-9-3-2-4-10-21)18-31-34(40)38-33(25-13-7-8-14-27(25)36)26-16-15-22-11-5-6-12-24(22)32(26)37-35(38)45-31/h2-14,17-19,33H,15-16,20H2,1H3/b31-18+/t33-/m1/s1. The predicted octanol–water partition coefficient (Wildman–Crippen LogP) is 6.47. The summed E-state index contributed by atoms with van der Waals surface area (Å²) in [5, 5.41) is 12.8. The Labute approximate surface area is 266 Å². The molecule has 4 aromatic carbocycles. The van der Waals surface area contributed by atoms with Crippen LogP contribution in [0, 0.1) is 10.1 Å². The number of nitro groups is 1. The van der Waals surface area contributed by atoms with Crippen molar-refractivity contribution >= 4 is 40.4 Å². The first-order chi connectivity index (χ1) is 21.9. The average Bonchev–Trinajstić information content (AvgIpc) is 3.37. The first-order valence-electron chi connectivity index (χ1n) is 14.3. The third kappa shape index (κ3) is 5.24. The summed E-state index contributed by atoms with van der Waals surface area (Å²) in [6.07, 6.45) is 3.08. The summed E-state index contributed by atoms with van der Waals surface area (Å²) >= 11 is 7.93. The number of hydrogen-bond acceptors (Lipinski definition) is 7. The summed E-state index contributed by atoms with van der Waals surface area (Å²) < 4.78 is 13.5. The minimum atomic E-state index is -0.486. The number of rotatable bonds is 7. The Morgan fingerprint density at radius 1 is 1.02 bits per heavy atom. The van der Waals surface area contributed by atoms with Crippen molar-refractivity contribution in [3.05, 3.63) is 159 Å². The van der Waals surface area contributed by atoms with Crippen LogP contribution in [0.25, 0.3) is 11.8 Å². The smallest absolute Gasteiger partial charge is 0.280 e. The van der Waals surface area contributed by atoms with Gasteiger partial charge < -0.3 is 9.47 Å². The van der Waals surface area contributed by atoms with E-state index in [1.54, 1.807) is 4.57 Å². The highest BCUT2D eigenvalue weighted by Crippen LogP contribution is 2.43. The topological polar surface area (TPSA) is 96.0 Å². The maximum Gasteiger partial charge on any atom is 0.280 e. The van der Waals surface area contributed by atoms with Crippen molar-refractivity contribution < 1.29 is 14.4 Å². The van der Waals surface area contributed by atoms with Crippen LogP contribution in [0.15, 0.2) is 106 Å². The minimum absolute atomic E-state index is 0.208. The fourth-order valence-corrected chi connectivity index (χ4v) is 7.21. The summed E-state index contributed by atoms with van der Waals surface area (Å²) in [6, 6.07) is 27.6. The van der Waals surface area contributed by atoms with Gasteiger partial charge >= 0.3 is 0 Å². The molecule has 224 valence electrons. The number of allylic oxidation sites excluding steroid dienone is 1. The van der Waals surface area contributed by atoms with Crippen molar-refractivity contribution in [3.63, 3.8) is 0 Å². The van der Waals surface area contributed by atoms with Crippen LogP contribution in [-0.4, -0.2) is 16.6 Å². The van der Waals surface area contributed by atoms with Crippen molar-refractivity contribution in [1.29, 1.82) is 0 Å². The molecular formula is C35H26ClN3O5S. The van der Waals surface area contributed by atoms with Gasteiger partial charge in [0.2, 0.25) is 0 Å². The van der Waals surface area contributed by atoms with Crippen LogP contribution < -0.4 is 24.4 Å². The molecule has 0 amide bonds. The maximum absolute atomic E-state index is 14.2. The molecule has 0 radical (unpaired) electrons. The van der Waals surface area contributed by atoms with Gasteiger partial charge in [-0.1, -0.05) is 95.7 Å². The van der Waals surface area contributed by atoms with E-state index in [1.165, 1.54) is 42.2 Å². The van der Waals surface area contributed by atoms with Gasteiger partial charge in [0.05, 0.1) is 39.9 Å². The molecule has 5 aromatic rings. The highest BCUT2D eigenvalue weighted by atomic mass is 35.5. The number of aromatic nitrogens is 1. The quantitative estimate of drug-likeness (QED) is 0.151. The number of thiazole rings is 1. The van der Waals surface area contributed by atoms with Crippen molar-refractivity contribution in [3.8, 4) is 11.5 Å². The van der Waals surface area contributed by atoms with Crippen molar-refractivity contribution in [2.45, 2.75) is 25.5 Å². The van der Waals surface area contributed by atoms with Crippen LogP contribution in [0.5, 0.6) is 11.5 Å². The van der Waals surface area contributed by atoms with Gasteiger partial charge in [-0.2, -0.15) is 0 Å². The van der Waals surface area contributed by atoms with Gasteiger partial charge in [0.1, 0.15) is 6.61 Å². The molecule has 0 spiro atoms. The van der Waals surface area contributed by atoms with Crippen LogP contribution in [0.4, 0.5) is 5.69 Å². The zero-order valence-corrected chi connectivity index (χ0v) is 25.7. The molecule has 7 rings (SSSR count). The summed E-state index contributed by atoms with van der Waals surface area (Å²) in [4.78, 5) is 31.5. The highest BCUT2D eigenvalue weighted by molar-refractivity contribution is 7.07. The zero-order valence-electron chi connectivity index (χ0n) is 24.1. The number of halogens is 1. The number of hydrogen-bond donors (Lipinski definition) is 0. The van der Waals surface area contributed by atoms with Crippen LogP contribution in [0.2, 0.25) is 5.02 Å². The molecular weight excluding hydrogens is 610 g/mol. The van der Waals surface area contributed by atoms with Gasteiger partial charge in [-0.25, -0.2) is 4.99 Å². The van der Waals surface area contributed by atoms with E-state index < -0.39 is 11.0 Å². The van der Waals surface area contributed by atoms with E-state index in [-0.39, 0.29) is 29.2 Å². The average molecular weight is 636 g/mol. The number of methoxy groups -OCH3 is 1. The lowest BCUT2D eigenvalue weighted by atomic mass is 9.83. The predicted molar refractivity (Wildman–Crippen MR) is 175 cm³/mol. The molecule has 2 aliphatic rings. The molecule has 0 bridgehead atoms. The van der Waals surface area contributed by atoms with E-state index in [4.69, 9.17) is 26.1 Å². The second-order valence-corrected chi connectivity index (χ2v) is 12.1. The number of benzene rings is 4. The molecule has 0 saturated carbocycles. The molecule has 2 heterocycles. The van der Waals surface area contributed by atoms with E-state index in [1.807, 2.05) is 66.7 Å². The Balaban J connectivity index is 1.39. The van der Waals surface area contributed by atoms with E-state index >= 15 is 0 Å². The number of fused-ring (bicyclic) bond motifs is 3. The normalized spacial score (nSPS) is 15.5. The Morgan fingerprint density at radius 2 is 1.78 bits per heavy atom. The number of nitro benzene ring substituents is 1. The minimum Gasteiger partial charge on any atom is -0.493 e. The van der Waals surface area contributed by atoms with Crippen LogP contribution in [0.1, 0.15) is 40.3 Å². The lowest BCUT2D eigenvalue weighted by Gasteiger charge is -2.31. The second kappa shape index (κ2) is 11.8. The van der Waals surface area contributed by atoms with Gasteiger partial charge in [-0.05, 0) is 53.3 Å². The molecule has 1 atom stereocenters. The van der Waals surface area contributed by atoms with Crippen molar-refractivity contribution in [2.24, 2.45) is 4.99 Å². The molecule has 1 aliphatic heterocycles. The summed E-state index contributed by atoms with van der Waals surface area (Å²) in [5.74, 6) is 0.549. The Hall–Kier alpha value is -4.99. The van der Waals surface area contributed by atoms with Crippen LogP contribution in [-0.2, 0) is 13.0 Å². The second-order valence-electron chi connectivity index (χ2n) is 10.7. The largest absolute Gasteiger partial charge is 0.493 e. The molecule has 0 saturated heterocycles. The lowest BCUT2D eigenvalue weighted by Crippen LogP contribution is -2.38. The van der Waals surface area contributed by atoms with E-state index in [0.29, 0.717) is 20.1 Å². The lowest BCUT2D eigenvalue weighted by molar-refractivity contribution is -0.385. The maximum atomic E-state index is 14.2. The molecule has 1 aromatic heterocycles. The van der Waals surface area contributed by atoms with E-state index in [9.17, 15) is 14.9 Å². The van der Waals surface area contributed by atoms with Gasteiger partial charge in [0.15, 0.2) is 16.3 Å². The molecule has 8 nitrogen and oxygen atoms in total. The van der Waals surface area contributed by atoms with E-state index in [2.05, 4.69) is 12.1 Å². The summed E-state index contributed by atoms with van der Waals surface area (Å²) in [5.41, 5.74) is 5.54. The molecule has 45 heavy (non-hydrogen) atoms. The van der Waals surface area contributed by atoms with Crippen LogP contribution in [0.3, 0.4) is 0 Å². The number of nitrogens with zero attached hydrogens (tertiary/aromatic N) is 3. The first-order valence-corrected chi connectivity index (χ1v) is 15.5. The fraction of sp³-hybridized carbons (Fsp3) is 0.143. The SMILES string of the molecule is COc1cc(/C=c2/sc3n(c2=O)[C@H](c2ccccc2Cl)C2=C(N=3)c3ccccc3CC2)c([N+](=O)[O-])cc1OCc1ccccc1. The Kier molecular flexibility index (Phi) is 7.56. The van der Waals surface area contributed by atoms with Crippen LogP contribution >= 0.6 is 22.9 Å². The number of ether oxygens (including phenoxy) is 2. The van der Waals surface area contributed by atoms with Gasteiger partial charge in [0, 0.05) is 10.6 Å². The molecule has 0 fully saturated rings. The number of aryl methyl sites for hydroxylation is 1. The molecule has 0 N–H and O–H groups in total. The fourth-order valence-electron chi connectivity index (χ4n) is 5.98. The zero-order chi connectivity index (χ0) is 31.1. The first kappa shape index (κ1) is 28.8.